The lowest BCUT2D eigenvalue weighted by atomic mass is 10.00. The average molecular weight is 425 g/mol. The minimum atomic E-state index is -0.620. The van der Waals surface area contributed by atoms with Gasteiger partial charge in [-0.3, -0.25) is 14.6 Å². The summed E-state index contributed by atoms with van der Waals surface area (Å²) in [6, 6.07) is 9.90. The minimum absolute atomic E-state index is 0.00367. The van der Waals surface area contributed by atoms with E-state index in [0.29, 0.717) is 13.0 Å². The van der Waals surface area contributed by atoms with Crippen molar-refractivity contribution in [2.24, 2.45) is 11.7 Å². The SMILES string of the molecule is Cc1ncccc1-c1ccc(C(CO)NC(=O)C2CCCN2C(=O)C(N)C(C)C)cc1. The predicted molar refractivity (Wildman–Crippen MR) is 120 cm³/mol. The quantitative estimate of drug-likeness (QED) is 0.631. The number of amides is 2. The number of carbonyl (C=O) groups is 2. The average Bonchev–Trinajstić information content (AvgIpc) is 3.27. The zero-order valence-corrected chi connectivity index (χ0v) is 18.4. The van der Waals surface area contributed by atoms with E-state index in [4.69, 9.17) is 5.73 Å². The predicted octanol–water partition coefficient (Wildman–Crippen LogP) is 2.18. The van der Waals surface area contributed by atoms with Gasteiger partial charge in [0.25, 0.3) is 0 Å². The first-order chi connectivity index (χ1) is 14.8. The number of nitrogens with two attached hydrogens (primary N) is 1. The standard InChI is InChI=1S/C24H32N4O3/c1-15(2)22(25)24(31)28-13-5-7-21(28)23(30)27-20(14-29)18-10-8-17(9-11-18)19-6-4-12-26-16(19)3/h4,6,8-12,15,20-22,29H,5,7,13-14,25H2,1-3H3,(H,27,30). The molecule has 2 amide bonds. The van der Waals surface area contributed by atoms with Crippen LogP contribution in [-0.4, -0.2) is 52.0 Å². The molecule has 0 aliphatic carbocycles. The summed E-state index contributed by atoms with van der Waals surface area (Å²) in [5.74, 6) is -0.443. The van der Waals surface area contributed by atoms with Gasteiger partial charge in [-0.25, -0.2) is 0 Å². The normalized spacial score (nSPS) is 18.1. The van der Waals surface area contributed by atoms with E-state index in [9.17, 15) is 14.7 Å². The van der Waals surface area contributed by atoms with Gasteiger partial charge >= 0.3 is 0 Å². The minimum Gasteiger partial charge on any atom is -0.394 e. The Morgan fingerprint density at radius 2 is 1.97 bits per heavy atom. The number of nitrogens with one attached hydrogen (secondary N) is 1. The summed E-state index contributed by atoms with van der Waals surface area (Å²) in [5.41, 5.74) is 9.83. The Kier molecular flexibility index (Phi) is 7.41. The maximum Gasteiger partial charge on any atom is 0.243 e. The maximum atomic E-state index is 13.0. The van der Waals surface area contributed by atoms with Crippen molar-refractivity contribution in [1.29, 1.82) is 0 Å². The summed E-state index contributed by atoms with van der Waals surface area (Å²) < 4.78 is 0. The molecule has 2 aromatic rings. The fourth-order valence-corrected chi connectivity index (χ4v) is 3.97. The van der Waals surface area contributed by atoms with Gasteiger partial charge in [-0.15, -0.1) is 0 Å². The summed E-state index contributed by atoms with van der Waals surface area (Å²) in [6.07, 6.45) is 3.12. The Morgan fingerprint density at radius 3 is 2.58 bits per heavy atom. The molecule has 1 aliphatic heterocycles. The van der Waals surface area contributed by atoms with Crippen LogP contribution in [0.25, 0.3) is 11.1 Å². The van der Waals surface area contributed by atoms with Crippen LogP contribution in [0.1, 0.15) is 44.0 Å². The third kappa shape index (κ3) is 5.11. The van der Waals surface area contributed by atoms with E-state index >= 15 is 0 Å². The van der Waals surface area contributed by atoms with Gasteiger partial charge in [0.05, 0.1) is 18.7 Å². The first-order valence-corrected chi connectivity index (χ1v) is 10.8. The highest BCUT2D eigenvalue weighted by Crippen LogP contribution is 2.25. The molecule has 1 fully saturated rings. The molecule has 166 valence electrons. The Labute approximate surface area is 183 Å². The molecular weight excluding hydrogens is 392 g/mol. The summed E-state index contributed by atoms with van der Waals surface area (Å²) in [7, 11) is 0. The van der Waals surface area contributed by atoms with Crippen LogP contribution in [0.2, 0.25) is 0 Å². The van der Waals surface area contributed by atoms with Crippen molar-refractivity contribution < 1.29 is 14.7 Å². The topological polar surface area (TPSA) is 109 Å². The second-order valence-electron chi connectivity index (χ2n) is 8.46. The van der Waals surface area contributed by atoms with Crippen molar-refractivity contribution in [2.75, 3.05) is 13.2 Å². The number of aryl methyl sites for hydroxylation is 1. The van der Waals surface area contributed by atoms with E-state index in [-0.39, 0.29) is 24.3 Å². The monoisotopic (exact) mass is 424 g/mol. The second kappa shape index (κ2) is 10.0. The number of hydrogen-bond acceptors (Lipinski definition) is 5. The van der Waals surface area contributed by atoms with Gasteiger partial charge in [0.1, 0.15) is 6.04 Å². The van der Waals surface area contributed by atoms with Gasteiger partial charge in [-0.05, 0) is 42.9 Å². The number of hydrogen-bond donors (Lipinski definition) is 3. The van der Waals surface area contributed by atoms with Gasteiger partial charge in [0, 0.05) is 24.0 Å². The number of pyridine rings is 1. The van der Waals surface area contributed by atoms with Gasteiger partial charge in [0.15, 0.2) is 0 Å². The molecular formula is C24H32N4O3. The highest BCUT2D eigenvalue weighted by Gasteiger charge is 2.37. The molecule has 0 saturated carbocycles. The lowest BCUT2D eigenvalue weighted by Gasteiger charge is -2.29. The van der Waals surface area contributed by atoms with Crippen molar-refractivity contribution in [2.45, 2.75) is 51.7 Å². The van der Waals surface area contributed by atoms with Gasteiger partial charge in [-0.1, -0.05) is 44.2 Å². The Morgan fingerprint density at radius 1 is 1.26 bits per heavy atom. The summed E-state index contributed by atoms with van der Waals surface area (Å²) in [6.45, 7) is 6.04. The molecule has 3 atom stereocenters. The van der Waals surface area contributed by atoms with E-state index < -0.39 is 18.1 Å². The molecule has 2 heterocycles. The number of rotatable bonds is 7. The molecule has 1 saturated heterocycles. The number of aliphatic hydroxyl groups is 1. The zero-order valence-electron chi connectivity index (χ0n) is 18.4. The molecule has 4 N–H and O–H groups in total. The lowest BCUT2D eigenvalue weighted by molar-refractivity contribution is -0.140. The number of likely N-dealkylation sites (tertiary alicyclic amines) is 1. The van der Waals surface area contributed by atoms with E-state index in [0.717, 1.165) is 28.8 Å². The molecule has 7 nitrogen and oxygen atoms in total. The molecule has 1 aliphatic rings. The Bertz CT molecular complexity index is 913. The van der Waals surface area contributed by atoms with E-state index in [1.165, 1.54) is 0 Å². The smallest absolute Gasteiger partial charge is 0.243 e. The van der Waals surface area contributed by atoms with Crippen LogP contribution in [0.15, 0.2) is 42.6 Å². The Hall–Kier alpha value is -2.77. The molecule has 1 aromatic heterocycles. The van der Waals surface area contributed by atoms with Crippen LogP contribution in [-0.2, 0) is 9.59 Å². The van der Waals surface area contributed by atoms with Crippen LogP contribution >= 0.6 is 0 Å². The van der Waals surface area contributed by atoms with Crippen LogP contribution in [0.5, 0.6) is 0 Å². The first-order valence-electron chi connectivity index (χ1n) is 10.8. The molecule has 0 spiro atoms. The van der Waals surface area contributed by atoms with Crippen LogP contribution in [0.4, 0.5) is 0 Å². The third-order valence-corrected chi connectivity index (χ3v) is 5.97. The molecule has 3 unspecified atom stereocenters. The number of aromatic nitrogens is 1. The molecule has 7 heteroatoms. The van der Waals surface area contributed by atoms with Crippen LogP contribution in [0, 0.1) is 12.8 Å². The first kappa shape index (κ1) is 22.9. The van der Waals surface area contributed by atoms with Crippen molar-refractivity contribution in [3.63, 3.8) is 0 Å². The highest BCUT2D eigenvalue weighted by molar-refractivity contribution is 5.90. The second-order valence-corrected chi connectivity index (χ2v) is 8.46. The fraction of sp³-hybridized carbons (Fsp3) is 0.458. The molecule has 0 bridgehead atoms. The number of benzene rings is 1. The van der Waals surface area contributed by atoms with E-state index in [1.54, 1.807) is 11.1 Å². The van der Waals surface area contributed by atoms with Gasteiger partial charge in [-0.2, -0.15) is 0 Å². The van der Waals surface area contributed by atoms with Crippen LogP contribution < -0.4 is 11.1 Å². The van der Waals surface area contributed by atoms with Crippen molar-refractivity contribution in [3.05, 3.63) is 53.9 Å². The van der Waals surface area contributed by atoms with Crippen LogP contribution in [0.3, 0.4) is 0 Å². The fourth-order valence-electron chi connectivity index (χ4n) is 3.97. The number of aliphatic hydroxyl groups excluding tert-OH is 1. The molecule has 3 rings (SSSR count). The molecule has 0 radical (unpaired) electrons. The molecule has 1 aromatic carbocycles. The third-order valence-electron chi connectivity index (χ3n) is 5.97. The summed E-state index contributed by atoms with van der Waals surface area (Å²) in [5, 5.41) is 12.8. The number of nitrogens with zero attached hydrogens (tertiary/aromatic N) is 2. The zero-order chi connectivity index (χ0) is 22.5. The van der Waals surface area contributed by atoms with Gasteiger partial charge in [0.2, 0.25) is 11.8 Å². The summed E-state index contributed by atoms with van der Waals surface area (Å²) in [4.78, 5) is 31.6. The highest BCUT2D eigenvalue weighted by atomic mass is 16.3. The number of carbonyl (C=O) groups excluding carboxylic acids is 2. The lowest BCUT2D eigenvalue weighted by Crippen LogP contribution is -2.53. The maximum absolute atomic E-state index is 13.0. The van der Waals surface area contributed by atoms with E-state index in [1.807, 2.05) is 57.2 Å². The van der Waals surface area contributed by atoms with E-state index in [2.05, 4.69) is 10.3 Å². The Balaban J connectivity index is 1.71. The van der Waals surface area contributed by atoms with Crippen molar-refractivity contribution >= 4 is 11.8 Å². The van der Waals surface area contributed by atoms with Crippen molar-refractivity contribution in [1.82, 2.24) is 15.2 Å². The van der Waals surface area contributed by atoms with Gasteiger partial charge < -0.3 is 21.1 Å². The van der Waals surface area contributed by atoms with Crippen molar-refractivity contribution in [3.8, 4) is 11.1 Å². The molecule has 31 heavy (non-hydrogen) atoms. The summed E-state index contributed by atoms with van der Waals surface area (Å²) >= 11 is 0. The largest absolute Gasteiger partial charge is 0.394 e.